The van der Waals surface area contributed by atoms with E-state index in [0.717, 1.165) is 59.4 Å². The zero-order chi connectivity index (χ0) is 41.0. The van der Waals surface area contributed by atoms with Gasteiger partial charge in [0, 0.05) is 31.4 Å². The van der Waals surface area contributed by atoms with Gasteiger partial charge in [-0.3, -0.25) is 4.98 Å². The maximum absolute atomic E-state index is 14.0. The summed E-state index contributed by atoms with van der Waals surface area (Å²) in [6.45, 7) is 2.37. The fraction of sp³-hybridized carbons (Fsp3) is 0.167. The molecule has 3 aromatic heterocycles. The number of nitrogens with zero attached hydrogens (tertiary/aromatic N) is 3. The van der Waals surface area contributed by atoms with Crippen LogP contribution in [0, 0.1) is 24.8 Å². The van der Waals surface area contributed by atoms with Crippen molar-refractivity contribution in [1.82, 2.24) is 14.5 Å². The van der Waals surface area contributed by atoms with E-state index in [2.05, 4.69) is 106 Å². The maximum Gasteiger partial charge on any atom is 0 e. The molecule has 7 heteroatoms. The first-order chi connectivity index (χ1) is 27.5. The largest absolute Gasteiger partial charge is 0 e. The standard InChI is InChI=1S/C30H18FN2S.C18H24GeN.Ir/c31-22-13-14-23-24-11-6-12-25(29(24)34-28(23)17-22)30-32-26-15-20-9-4-5-10-21(20)16-27(26)33(30)18-19-7-2-1-3-8-19;1-13(2)16-11-18(15-9-7-14(3)8-10-15)20-12-17(16)19(4,5)6;/h1-11,13-17H,18H2;7-9,11-13H,1-6H3;/q2*-1;/i;3D3,13D;. The summed E-state index contributed by atoms with van der Waals surface area (Å²) in [6.07, 6.45) is 1.91. The fourth-order valence-corrected chi connectivity index (χ4v) is 11.5. The average molecular weight is 981 g/mol. The Morgan fingerprint density at radius 2 is 1.64 bits per heavy atom. The van der Waals surface area contributed by atoms with Gasteiger partial charge in [0.15, 0.2) is 0 Å². The molecule has 0 N–H and O–H groups in total. The predicted molar refractivity (Wildman–Crippen MR) is 230 cm³/mol. The van der Waals surface area contributed by atoms with Crippen molar-refractivity contribution in [2.75, 3.05) is 0 Å². The summed E-state index contributed by atoms with van der Waals surface area (Å²) in [5.74, 6) is 6.85. The minimum atomic E-state index is -2.14. The van der Waals surface area contributed by atoms with Crippen LogP contribution in [0.15, 0.2) is 128 Å². The number of aromatic nitrogens is 3. The molecule has 0 saturated heterocycles. The van der Waals surface area contributed by atoms with E-state index in [0.29, 0.717) is 6.54 Å². The van der Waals surface area contributed by atoms with Gasteiger partial charge in [-0.05, 0) is 50.7 Å². The van der Waals surface area contributed by atoms with Crippen molar-refractivity contribution in [3.05, 3.63) is 162 Å². The zero-order valence-electron chi connectivity index (χ0n) is 35.3. The van der Waals surface area contributed by atoms with Gasteiger partial charge in [0.25, 0.3) is 0 Å². The van der Waals surface area contributed by atoms with Crippen molar-refractivity contribution < 1.29 is 30.0 Å². The quantitative estimate of drug-likeness (QED) is 0.123. The fourth-order valence-electron chi connectivity index (χ4n) is 7.01. The van der Waals surface area contributed by atoms with Gasteiger partial charge in [0.05, 0.1) is 16.9 Å². The van der Waals surface area contributed by atoms with Crippen molar-refractivity contribution in [3.8, 4) is 22.6 Å². The van der Waals surface area contributed by atoms with Gasteiger partial charge in [-0.1, -0.05) is 71.6 Å². The number of aryl methyl sites for hydroxylation is 1. The minimum Gasteiger partial charge on any atom is 0 e. The Morgan fingerprint density at radius 3 is 2.35 bits per heavy atom. The second-order valence-electron chi connectivity index (χ2n) is 14.9. The number of pyridine rings is 1. The number of hydrogen-bond acceptors (Lipinski definition) is 3. The molecular weight excluding hydrogens is 934 g/mol. The summed E-state index contributed by atoms with van der Waals surface area (Å²) < 4.78 is 50.3. The SMILES string of the molecule is Fc1ccc2c(c1)sc1c(-c3nc4cc5ccccc5cc4n3Cc3ccccc3)[c-]ccc12.[2H]C([2H])([2H])c1c[c-]c(-c2cc(C([2H])(C)C)[c]([Ge]([CH3])([CH3])[CH3])cn2)cc1.[Ir]. The van der Waals surface area contributed by atoms with Crippen LogP contribution in [0.3, 0.4) is 0 Å². The van der Waals surface area contributed by atoms with Crippen LogP contribution in [0.5, 0.6) is 0 Å². The van der Waals surface area contributed by atoms with E-state index in [1.807, 2.05) is 44.3 Å². The molecule has 0 saturated carbocycles. The van der Waals surface area contributed by atoms with E-state index in [-0.39, 0.29) is 31.5 Å². The average Bonchev–Trinajstić information content (AvgIpc) is 3.73. The van der Waals surface area contributed by atoms with Crippen LogP contribution in [0.2, 0.25) is 17.3 Å². The van der Waals surface area contributed by atoms with Gasteiger partial charge in [-0.15, -0.1) is 18.2 Å². The van der Waals surface area contributed by atoms with Gasteiger partial charge in [-0.2, -0.15) is 11.3 Å². The molecule has 1 radical (unpaired) electrons. The molecule has 3 nitrogen and oxygen atoms in total. The topological polar surface area (TPSA) is 30.7 Å². The van der Waals surface area contributed by atoms with E-state index in [9.17, 15) is 4.39 Å². The molecule has 55 heavy (non-hydrogen) atoms. The van der Waals surface area contributed by atoms with Gasteiger partial charge in [-0.25, -0.2) is 4.39 Å². The molecule has 0 bridgehead atoms. The summed E-state index contributed by atoms with van der Waals surface area (Å²) in [5, 5.41) is 4.53. The third kappa shape index (κ3) is 7.97. The normalized spacial score (nSPS) is 13.1. The number of benzene rings is 6. The number of rotatable bonds is 6. The summed E-state index contributed by atoms with van der Waals surface area (Å²) in [5.41, 5.74) is 6.98. The Balaban J connectivity index is 0.000000188. The first-order valence-corrected chi connectivity index (χ1v) is 26.2. The van der Waals surface area contributed by atoms with Crippen LogP contribution in [0.1, 0.15) is 41.9 Å². The summed E-state index contributed by atoms with van der Waals surface area (Å²) in [4.78, 5) is 9.70. The molecule has 3 heterocycles. The minimum absolute atomic E-state index is 0. The third-order valence-corrected chi connectivity index (χ3v) is 15.2. The number of hydrogen-bond donors (Lipinski definition) is 0. The Bertz CT molecular complexity index is 2950. The Morgan fingerprint density at radius 1 is 0.873 bits per heavy atom. The first-order valence-electron chi connectivity index (χ1n) is 20.0. The molecule has 9 rings (SSSR count). The maximum atomic E-state index is 14.0. The number of fused-ring (bicyclic) bond motifs is 5. The van der Waals surface area contributed by atoms with Crippen molar-refractivity contribution in [2.45, 2.75) is 50.4 Å². The molecule has 9 aromatic rings. The Kier molecular flexibility index (Phi) is 9.82. The van der Waals surface area contributed by atoms with E-state index in [1.165, 1.54) is 32.9 Å². The van der Waals surface area contributed by atoms with Gasteiger partial charge in [0.2, 0.25) is 0 Å². The molecule has 0 aliphatic rings. The molecule has 0 fully saturated rings. The Labute approximate surface area is 348 Å². The van der Waals surface area contributed by atoms with Crippen LogP contribution in [0.4, 0.5) is 4.39 Å². The molecule has 6 aromatic carbocycles. The molecule has 0 amide bonds. The third-order valence-electron chi connectivity index (χ3n) is 9.76. The predicted octanol–water partition coefficient (Wildman–Crippen LogP) is 12.7. The Hall–Kier alpha value is -4.46. The summed E-state index contributed by atoms with van der Waals surface area (Å²) >= 11 is -0.540. The van der Waals surface area contributed by atoms with Crippen molar-refractivity contribution in [3.63, 3.8) is 0 Å². The molecule has 0 aliphatic heterocycles. The summed E-state index contributed by atoms with van der Waals surface area (Å²) in [6, 6.07) is 45.6. The van der Waals surface area contributed by atoms with E-state index < -0.39 is 26.0 Å². The van der Waals surface area contributed by atoms with Crippen LogP contribution in [-0.4, -0.2) is 27.8 Å². The van der Waals surface area contributed by atoms with Crippen molar-refractivity contribution >= 4 is 71.0 Å². The van der Waals surface area contributed by atoms with Gasteiger partial charge < -0.3 is 4.57 Å². The van der Waals surface area contributed by atoms with Crippen LogP contribution in [0.25, 0.3) is 64.6 Å². The molecule has 277 valence electrons. The number of halogens is 1. The van der Waals surface area contributed by atoms with E-state index >= 15 is 0 Å². The van der Waals surface area contributed by atoms with Gasteiger partial charge >= 0.3 is 131 Å². The molecule has 0 spiro atoms. The number of imidazole rings is 1. The zero-order valence-corrected chi connectivity index (χ0v) is 36.6. The van der Waals surface area contributed by atoms with Crippen molar-refractivity contribution in [1.29, 1.82) is 0 Å². The molecule has 0 unspecified atom stereocenters. The van der Waals surface area contributed by atoms with Crippen LogP contribution < -0.4 is 4.40 Å². The second kappa shape index (κ2) is 16.0. The monoisotopic (exact) mass is 982 g/mol. The van der Waals surface area contributed by atoms with Crippen LogP contribution >= 0.6 is 11.3 Å². The second-order valence-corrected chi connectivity index (χ2v) is 26.5. The smallest absolute Gasteiger partial charge is 0 e. The van der Waals surface area contributed by atoms with Crippen molar-refractivity contribution in [2.24, 2.45) is 0 Å². The molecule has 0 atom stereocenters. The first kappa shape index (κ1) is 33.8. The summed E-state index contributed by atoms with van der Waals surface area (Å²) in [7, 11) is 0. The molecular formula is C48H42FGeIrN3S-2. The number of thiophene rings is 1. The molecule has 0 aliphatic carbocycles. The van der Waals surface area contributed by atoms with E-state index in [4.69, 9.17) is 10.5 Å². The van der Waals surface area contributed by atoms with Crippen LogP contribution in [-0.2, 0) is 26.7 Å². The van der Waals surface area contributed by atoms with E-state index in [1.54, 1.807) is 29.5 Å². The van der Waals surface area contributed by atoms with Gasteiger partial charge in [0.1, 0.15) is 5.82 Å².